The number of anilines is 1. The molecule has 1 aromatic rings. The van der Waals surface area contributed by atoms with Crippen molar-refractivity contribution in [1.82, 2.24) is 5.32 Å². The first-order valence-electron chi connectivity index (χ1n) is 7.14. The third kappa shape index (κ3) is 2.45. The number of hydrogen-bond donors (Lipinski definition) is 2. The number of nitrogens with zero attached hydrogens (tertiary/aromatic N) is 1. The molecule has 1 aliphatic carbocycles. The molecule has 3 rings (SSSR count). The minimum atomic E-state index is -0.943. The average Bonchev–Trinajstić information content (AvgIpc) is 2.44. The molecule has 20 heavy (non-hydrogen) atoms. The molecule has 108 valence electrons. The van der Waals surface area contributed by atoms with Gasteiger partial charge in [-0.3, -0.25) is 0 Å². The van der Waals surface area contributed by atoms with E-state index in [9.17, 15) is 4.79 Å². The normalized spacial score (nSPS) is 21.1. The molecule has 1 saturated heterocycles. The van der Waals surface area contributed by atoms with Crippen LogP contribution in [-0.4, -0.2) is 37.5 Å². The molecular formula is C15H20N2O3. The number of carboxylic acid groups (broad SMARTS) is 1. The number of carbonyl (C=O) groups is 1. The fraction of sp³-hybridized carbons (Fsp3) is 0.533. The summed E-state index contributed by atoms with van der Waals surface area (Å²) in [5.41, 5.74) is 1.89. The summed E-state index contributed by atoms with van der Waals surface area (Å²) >= 11 is 0. The van der Waals surface area contributed by atoms with Crippen LogP contribution in [0.15, 0.2) is 24.3 Å². The zero-order valence-corrected chi connectivity index (χ0v) is 11.5. The summed E-state index contributed by atoms with van der Waals surface area (Å²) in [6.07, 6.45) is 1.90. The van der Waals surface area contributed by atoms with Crippen LogP contribution in [0.2, 0.25) is 0 Å². The molecule has 0 unspecified atom stereocenters. The van der Waals surface area contributed by atoms with Crippen molar-refractivity contribution in [3.63, 3.8) is 0 Å². The Morgan fingerprint density at radius 1 is 1.20 bits per heavy atom. The van der Waals surface area contributed by atoms with Gasteiger partial charge in [0.2, 0.25) is 0 Å². The summed E-state index contributed by atoms with van der Waals surface area (Å²) in [6, 6.07) is 8.29. The maximum atomic E-state index is 11.0. The van der Waals surface area contributed by atoms with E-state index in [0.29, 0.717) is 0 Å². The highest BCUT2D eigenvalue weighted by Gasteiger charge is 2.40. The molecule has 1 saturated carbocycles. The van der Waals surface area contributed by atoms with E-state index in [1.54, 1.807) is 0 Å². The molecule has 2 fully saturated rings. The van der Waals surface area contributed by atoms with Gasteiger partial charge in [0.05, 0.1) is 18.8 Å². The topological polar surface area (TPSA) is 61.8 Å². The van der Waals surface area contributed by atoms with Crippen LogP contribution in [0.1, 0.15) is 24.8 Å². The number of morpholine rings is 1. The predicted octanol–water partition coefficient (Wildman–Crippen LogP) is 2.17. The van der Waals surface area contributed by atoms with Crippen molar-refractivity contribution in [1.29, 1.82) is 0 Å². The molecule has 1 amide bonds. The zero-order chi connectivity index (χ0) is 14.0. The Hall–Kier alpha value is -1.75. The standard InChI is InChI=1S/C15H20N2O3/c18-14(19)16-15(6-1-7-15)12-2-4-13(5-3-12)17-8-10-20-11-9-17/h2-5,16H,1,6-11H2,(H,18,19). The lowest BCUT2D eigenvalue weighted by Gasteiger charge is -2.42. The molecule has 0 radical (unpaired) electrons. The van der Waals surface area contributed by atoms with Crippen molar-refractivity contribution in [2.24, 2.45) is 0 Å². The highest BCUT2D eigenvalue weighted by molar-refractivity contribution is 5.66. The van der Waals surface area contributed by atoms with E-state index in [2.05, 4.69) is 34.5 Å². The van der Waals surface area contributed by atoms with Crippen LogP contribution in [0, 0.1) is 0 Å². The molecule has 2 N–H and O–H groups in total. The summed E-state index contributed by atoms with van der Waals surface area (Å²) < 4.78 is 5.35. The number of hydrogen-bond acceptors (Lipinski definition) is 3. The maximum absolute atomic E-state index is 11.0. The molecule has 0 aromatic heterocycles. The monoisotopic (exact) mass is 276 g/mol. The Morgan fingerprint density at radius 3 is 2.35 bits per heavy atom. The lowest BCUT2D eigenvalue weighted by molar-refractivity contribution is 0.122. The Bertz CT molecular complexity index is 476. The fourth-order valence-electron chi connectivity index (χ4n) is 3.03. The molecule has 5 heteroatoms. The lowest BCUT2D eigenvalue weighted by atomic mass is 9.72. The lowest BCUT2D eigenvalue weighted by Crippen LogP contribution is -2.50. The quantitative estimate of drug-likeness (QED) is 0.888. The molecule has 2 aliphatic rings. The largest absolute Gasteiger partial charge is 0.465 e. The second kappa shape index (κ2) is 5.32. The minimum Gasteiger partial charge on any atom is -0.465 e. The molecule has 0 atom stereocenters. The van der Waals surface area contributed by atoms with Crippen molar-refractivity contribution in [2.45, 2.75) is 24.8 Å². The van der Waals surface area contributed by atoms with Crippen molar-refractivity contribution in [3.05, 3.63) is 29.8 Å². The van der Waals surface area contributed by atoms with Gasteiger partial charge < -0.3 is 20.1 Å². The SMILES string of the molecule is O=C(O)NC1(c2ccc(N3CCOCC3)cc2)CCC1. The molecule has 0 spiro atoms. The highest BCUT2D eigenvalue weighted by Crippen LogP contribution is 2.41. The maximum Gasteiger partial charge on any atom is 0.405 e. The van der Waals surface area contributed by atoms with Gasteiger partial charge in [0.1, 0.15) is 0 Å². The summed E-state index contributed by atoms with van der Waals surface area (Å²) in [5.74, 6) is 0. The summed E-state index contributed by atoms with van der Waals surface area (Å²) in [5, 5.41) is 11.7. The number of benzene rings is 1. The van der Waals surface area contributed by atoms with Crippen LogP contribution >= 0.6 is 0 Å². The van der Waals surface area contributed by atoms with E-state index in [1.165, 1.54) is 5.69 Å². The van der Waals surface area contributed by atoms with E-state index < -0.39 is 6.09 Å². The second-order valence-electron chi connectivity index (χ2n) is 5.51. The smallest absolute Gasteiger partial charge is 0.405 e. The van der Waals surface area contributed by atoms with Crippen LogP contribution in [-0.2, 0) is 10.3 Å². The Kier molecular flexibility index (Phi) is 3.53. The van der Waals surface area contributed by atoms with Crippen LogP contribution in [0.4, 0.5) is 10.5 Å². The first-order chi connectivity index (χ1) is 9.70. The van der Waals surface area contributed by atoms with E-state index in [4.69, 9.17) is 9.84 Å². The van der Waals surface area contributed by atoms with Gasteiger partial charge in [-0.25, -0.2) is 4.79 Å². The fourth-order valence-corrected chi connectivity index (χ4v) is 3.03. The molecular weight excluding hydrogens is 256 g/mol. The van der Waals surface area contributed by atoms with Crippen molar-refractivity contribution in [2.75, 3.05) is 31.2 Å². The second-order valence-corrected chi connectivity index (χ2v) is 5.51. The summed E-state index contributed by atoms with van der Waals surface area (Å²) in [4.78, 5) is 13.3. The van der Waals surface area contributed by atoms with Gasteiger partial charge >= 0.3 is 6.09 Å². The molecule has 1 aliphatic heterocycles. The van der Waals surface area contributed by atoms with Crippen LogP contribution in [0.25, 0.3) is 0 Å². The van der Waals surface area contributed by atoms with Gasteiger partial charge in [-0.1, -0.05) is 12.1 Å². The van der Waals surface area contributed by atoms with E-state index in [-0.39, 0.29) is 5.54 Å². The van der Waals surface area contributed by atoms with Crippen molar-refractivity contribution in [3.8, 4) is 0 Å². The number of nitrogens with one attached hydrogen (secondary N) is 1. The van der Waals surface area contributed by atoms with Crippen molar-refractivity contribution < 1.29 is 14.6 Å². The van der Waals surface area contributed by atoms with Gasteiger partial charge in [-0.15, -0.1) is 0 Å². The first kappa shape index (κ1) is 13.2. The average molecular weight is 276 g/mol. The van der Waals surface area contributed by atoms with Gasteiger partial charge in [0.25, 0.3) is 0 Å². The Labute approximate surface area is 118 Å². The number of ether oxygens (including phenoxy) is 1. The number of amides is 1. The van der Waals surface area contributed by atoms with Crippen molar-refractivity contribution >= 4 is 11.8 Å². The Morgan fingerprint density at radius 2 is 1.85 bits per heavy atom. The van der Waals surface area contributed by atoms with E-state index in [1.807, 2.05) is 0 Å². The Balaban J connectivity index is 1.76. The van der Waals surface area contributed by atoms with E-state index >= 15 is 0 Å². The van der Waals surface area contributed by atoms with Gasteiger partial charge in [0, 0.05) is 18.8 Å². The molecule has 1 aromatic carbocycles. The van der Waals surface area contributed by atoms with Gasteiger partial charge in [-0.2, -0.15) is 0 Å². The van der Waals surface area contributed by atoms with Crippen LogP contribution in [0.3, 0.4) is 0 Å². The van der Waals surface area contributed by atoms with Crippen LogP contribution < -0.4 is 10.2 Å². The summed E-state index contributed by atoms with van der Waals surface area (Å²) in [6.45, 7) is 3.37. The minimum absolute atomic E-state index is 0.366. The molecule has 5 nitrogen and oxygen atoms in total. The van der Waals surface area contributed by atoms with Gasteiger partial charge in [-0.05, 0) is 37.0 Å². The summed E-state index contributed by atoms with van der Waals surface area (Å²) in [7, 11) is 0. The first-order valence-corrected chi connectivity index (χ1v) is 7.14. The van der Waals surface area contributed by atoms with Crippen LogP contribution in [0.5, 0.6) is 0 Å². The predicted molar refractivity (Wildman–Crippen MR) is 76.2 cm³/mol. The molecule has 0 bridgehead atoms. The van der Waals surface area contributed by atoms with Gasteiger partial charge in [0.15, 0.2) is 0 Å². The highest BCUT2D eigenvalue weighted by atomic mass is 16.5. The molecule has 1 heterocycles. The number of rotatable bonds is 3. The zero-order valence-electron chi connectivity index (χ0n) is 11.5. The third-order valence-electron chi connectivity index (χ3n) is 4.35. The van der Waals surface area contributed by atoms with E-state index in [0.717, 1.165) is 51.1 Å². The third-order valence-corrected chi connectivity index (χ3v) is 4.35.